The Morgan fingerprint density at radius 2 is 2.37 bits per heavy atom. The van der Waals surface area contributed by atoms with Gasteiger partial charge < -0.3 is 5.32 Å². The number of carbonyl (C=O) groups is 1. The van der Waals surface area contributed by atoms with Crippen LogP contribution in [0.2, 0.25) is 0 Å². The number of nitrogens with zero attached hydrogens (tertiary/aromatic N) is 3. The highest BCUT2D eigenvalue weighted by Gasteiger charge is 2.38. The van der Waals surface area contributed by atoms with Gasteiger partial charge in [0.25, 0.3) is 5.91 Å². The van der Waals surface area contributed by atoms with Gasteiger partial charge in [0.15, 0.2) is 0 Å². The number of aryl methyl sites for hydroxylation is 1. The summed E-state index contributed by atoms with van der Waals surface area (Å²) >= 11 is 0. The van der Waals surface area contributed by atoms with E-state index in [0.717, 1.165) is 31.6 Å². The van der Waals surface area contributed by atoms with Crippen LogP contribution in [0.3, 0.4) is 0 Å². The van der Waals surface area contributed by atoms with Gasteiger partial charge in [-0.15, -0.1) is 5.10 Å². The van der Waals surface area contributed by atoms with E-state index in [0.29, 0.717) is 6.04 Å². The van der Waals surface area contributed by atoms with Crippen molar-refractivity contribution in [3.05, 3.63) is 11.6 Å². The maximum absolute atomic E-state index is 12.1. The van der Waals surface area contributed by atoms with Crippen LogP contribution in [-0.2, 0) is 6.42 Å². The summed E-state index contributed by atoms with van der Waals surface area (Å²) in [6, 6.07) is 0.793. The fourth-order valence-corrected chi connectivity index (χ4v) is 3.23. The Balaban J connectivity index is 1.61. The predicted octanol–water partition coefficient (Wildman–Crippen LogP) is 0.724. The van der Waals surface area contributed by atoms with E-state index in [1.807, 2.05) is 0 Å². The lowest BCUT2D eigenvalue weighted by Gasteiger charge is -2.20. The summed E-state index contributed by atoms with van der Waals surface area (Å²) in [6.45, 7) is 4.36. The summed E-state index contributed by atoms with van der Waals surface area (Å²) in [7, 11) is 0. The SMILES string of the molecule is CCCc1nc(C(=O)NC2CCN3CCCC23)n[nH]1. The Morgan fingerprint density at radius 1 is 1.47 bits per heavy atom. The molecule has 104 valence electrons. The zero-order valence-corrected chi connectivity index (χ0v) is 11.4. The number of fused-ring (bicyclic) bond motifs is 1. The molecule has 0 spiro atoms. The molecule has 1 aromatic rings. The van der Waals surface area contributed by atoms with Gasteiger partial charge >= 0.3 is 0 Å². The molecule has 3 heterocycles. The van der Waals surface area contributed by atoms with Crippen LogP contribution in [-0.4, -0.2) is 51.2 Å². The summed E-state index contributed by atoms with van der Waals surface area (Å²) in [5, 5.41) is 9.92. The summed E-state index contributed by atoms with van der Waals surface area (Å²) in [5.41, 5.74) is 0. The van der Waals surface area contributed by atoms with Gasteiger partial charge in [-0.05, 0) is 32.2 Å². The molecule has 1 aromatic heterocycles. The van der Waals surface area contributed by atoms with E-state index in [-0.39, 0.29) is 17.8 Å². The maximum atomic E-state index is 12.1. The largest absolute Gasteiger partial charge is 0.345 e. The highest BCUT2D eigenvalue weighted by atomic mass is 16.2. The molecule has 0 bridgehead atoms. The molecule has 3 rings (SSSR count). The third-order valence-corrected chi connectivity index (χ3v) is 4.14. The number of nitrogens with one attached hydrogen (secondary N) is 2. The Bertz CT molecular complexity index is 458. The molecule has 0 aromatic carbocycles. The Hall–Kier alpha value is -1.43. The summed E-state index contributed by atoms with van der Waals surface area (Å²) in [4.78, 5) is 18.8. The summed E-state index contributed by atoms with van der Waals surface area (Å²) < 4.78 is 0. The van der Waals surface area contributed by atoms with E-state index in [1.165, 1.54) is 19.4 Å². The van der Waals surface area contributed by atoms with Crippen molar-refractivity contribution in [3.8, 4) is 0 Å². The molecule has 6 nitrogen and oxygen atoms in total. The van der Waals surface area contributed by atoms with Crippen molar-refractivity contribution in [3.63, 3.8) is 0 Å². The minimum absolute atomic E-state index is 0.141. The average Bonchev–Trinajstić information content (AvgIpc) is 3.07. The van der Waals surface area contributed by atoms with E-state index in [9.17, 15) is 4.79 Å². The standard InChI is InChI=1S/C13H21N5O/c1-2-4-11-15-12(17-16-11)13(19)14-9-6-8-18-7-3-5-10(9)18/h9-10H,2-8H2,1H3,(H,14,19)(H,15,16,17). The normalized spacial score (nSPS) is 26.6. The average molecular weight is 263 g/mol. The van der Waals surface area contributed by atoms with Crippen LogP contribution in [0.5, 0.6) is 0 Å². The van der Waals surface area contributed by atoms with Crippen molar-refractivity contribution in [2.75, 3.05) is 13.1 Å². The first-order valence-corrected chi connectivity index (χ1v) is 7.24. The summed E-state index contributed by atoms with van der Waals surface area (Å²) in [6.07, 6.45) is 5.32. The molecule has 6 heteroatoms. The predicted molar refractivity (Wildman–Crippen MR) is 70.8 cm³/mol. The molecule has 2 aliphatic heterocycles. The van der Waals surface area contributed by atoms with Gasteiger partial charge in [-0.1, -0.05) is 6.92 Å². The molecule has 0 aliphatic carbocycles. The van der Waals surface area contributed by atoms with Crippen LogP contribution in [0, 0.1) is 0 Å². The van der Waals surface area contributed by atoms with Crippen molar-refractivity contribution in [1.29, 1.82) is 0 Å². The number of hydrogen-bond acceptors (Lipinski definition) is 4. The molecule has 2 aliphatic rings. The Morgan fingerprint density at radius 3 is 3.21 bits per heavy atom. The number of aromatic amines is 1. The van der Waals surface area contributed by atoms with Crippen LogP contribution in [0.1, 0.15) is 49.1 Å². The highest BCUT2D eigenvalue weighted by molar-refractivity contribution is 5.90. The zero-order chi connectivity index (χ0) is 13.2. The quantitative estimate of drug-likeness (QED) is 0.839. The maximum Gasteiger partial charge on any atom is 0.291 e. The lowest BCUT2D eigenvalue weighted by molar-refractivity contribution is 0.0919. The van der Waals surface area contributed by atoms with E-state index in [1.54, 1.807) is 0 Å². The van der Waals surface area contributed by atoms with Gasteiger partial charge in [-0.25, -0.2) is 4.98 Å². The van der Waals surface area contributed by atoms with Crippen LogP contribution < -0.4 is 5.32 Å². The zero-order valence-electron chi connectivity index (χ0n) is 11.4. The number of carbonyl (C=O) groups excluding carboxylic acids is 1. The first-order chi connectivity index (χ1) is 9.28. The first kappa shape index (κ1) is 12.6. The van der Waals surface area contributed by atoms with E-state index < -0.39 is 0 Å². The monoisotopic (exact) mass is 263 g/mol. The number of aromatic nitrogens is 3. The van der Waals surface area contributed by atoms with E-state index >= 15 is 0 Å². The molecule has 19 heavy (non-hydrogen) atoms. The van der Waals surface area contributed by atoms with Gasteiger partial charge in [0, 0.05) is 25.0 Å². The van der Waals surface area contributed by atoms with Gasteiger partial charge in [0.2, 0.25) is 5.82 Å². The van der Waals surface area contributed by atoms with Crippen molar-refractivity contribution in [1.82, 2.24) is 25.4 Å². The number of hydrogen-bond donors (Lipinski definition) is 2. The van der Waals surface area contributed by atoms with Gasteiger partial charge in [0.05, 0.1) is 0 Å². The second kappa shape index (κ2) is 5.28. The van der Waals surface area contributed by atoms with Crippen LogP contribution >= 0.6 is 0 Å². The van der Waals surface area contributed by atoms with Crippen LogP contribution in [0.15, 0.2) is 0 Å². The minimum atomic E-state index is -0.141. The van der Waals surface area contributed by atoms with Gasteiger partial charge in [-0.2, -0.15) is 0 Å². The molecule has 1 amide bonds. The van der Waals surface area contributed by atoms with E-state index in [4.69, 9.17) is 0 Å². The molecular formula is C13H21N5O. The lowest BCUT2D eigenvalue weighted by atomic mass is 10.1. The van der Waals surface area contributed by atoms with Crippen LogP contribution in [0.25, 0.3) is 0 Å². The molecule has 2 N–H and O–H groups in total. The number of H-pyrrole nitrogens is 1. The smallest absolute Gasteiger partial charge is 0.291 e. The van der Waals surface area contributed by atoms with Crippen LogP contribution in [0.4, 0.5) is 0 Å². The number of amides is 1. The molecule has 0 radical (unpaired) electrons. The third kappa shape index (κ3) is 2.49. The molecule has 2 unspecified atom stereocenters. The first-order valence-electron chi connectivity index (χ1n) is 7.24. The fraction of sp³-hybridized carbons (Fsp3) is 0.769. The second-order valence-electron chi connectivity index (χ2n) is 5.47. The second-order valence-corrected chi connectivity index (χ2v) is 5.47. The highest BCUT2D eigenvalue weighted by Crippen LogP contribution is 2.27. The lowest BCUT2D eigenvalue weighted by Crippen LogP contribution is -2.42. The molecule has 2 saturated heterocycles. The van der Waals surface area contributed by atoms with E-state index in [2.05, 4.69) is 32.3 Å². The van der Waals surface area contributed by atoms with Gasteiger partial charge in [-0.3, -0.25) is 14.8 Å². The molecule has 0 saturated carbocycles. The van der Waals surface area contributed by atoms with Gasteiger partial charge in [0.1, 0.15) is 5.82 Å². The van der Waals surface area contributed by atoms with Crippen molar-refractivity contribution in [2.24, 2.45) is 0 Å². The van der Waals surface area contributed by atoms with Crippen molar-refractivity contribution < 1.29 is 4.79 Å². The molecule has 2 atom stereocenters. The van der Waals surface area contributed by atoms with Crippen molar-refractivity contribution >= 4 is 5.91 Å². The molecule has 2 fully saturated rings. The number of rotatable bonds is 4. The third-order valence-electron chi connectivity index (χ3n) is 4.14. The van der Waals surface area contributed by atoms with Crippen molar-refractivity contribution in [2.45, 2.75) is 51.1 Å². The minimum Gasteiger partial charge on any atom is -0.345 e. The summed E-state index contributed by atoms with van der Waals surface area (Å²) in [5.74, 6) is 0.929. The topological polar surface area (TPSA) is 73.9 Å². The molecular weight excluding hydrogens is 242 g/mol. The Kier molecular flexibility index (Phi) is 3.50. The Labute approximate surface area is 113 Å². The fourth-order valence-electron chi connectivity index (χ4n) is 3.23.